The van der Waals surface area contributed by atoms with Crippen molar-refractivity contribution in [3.05, 3.63) is 36.0 Å². The summed E-state index contributed by atoms with van der Waals surface area (Å²) in [5.74, 6) is -0.944. The SMILES string of the molecule is CC(C)[C@H](C(=O)O)n1cc(C=O)c2ccccc21. The number of aromatic nitrogens is 1. The number of benzene rings is 1. The Kier molecular flexibility index (Phi) is 3.19. The number of para-hydroxylation sites is 1. The van der Waals surface area contributed by atoms with Crippen LogP contribution in [0.1, 0.15) is 30.2 Å². The summed E-state index contributed by atoms with van der Waals surface area (Å²) in [4.78, 5) is 22.4. The van der Waals surface area contributed by atoms with E-state index in [2.05, 4.69) is 0 Å². The molecule has 0 aliphatic heterocycles. The first-order chi connectivity index (χ1) is 8.56. The molecule has 0 saturated carbocycles. The maximum absolute atomic E-state index is 11.4. The van der Waals surface area contributed by atoms with Gasteiger partial charge in [0, 0.05) is 22.7 Å². The summed E-state index contributed by atoms with van der Waals surface area (Å²) in [5.41, 5.74) is 1.30. The molecule has 4 heteroatoms. The topological polar surface area (TPSA) is 59.3 Å². The summed E-state index contributed by atoms with van der Waals surface area (Å²) >= 11 is 0. The number of nitrogens with zero attached hydrogens (tertiary/aromatic N) is 1. The number of rotatable bonds is 4. The van der Waals surface area contributed by atoms with Crippen LogP contribution in [0.3, 0.4) is 0 Å². The lowest BCUT2D eigenvalue weighted by Gasteiger charge is -2.19. The molecule has 0 aliphatic rings. The molecule has 2 aromatic rings. The zero-order valence-corrected chi connectivity index (χ0v) is 10.3. The average Bonchev–Trinajstić information content (AvgIpc) is 2.67. The highest BCUT2D eigenvalue weighted by molar-refractivity contribution is 5.98. The number of carboxylic acids is 1. The van der Waals surface area contributed by atoms with Crippen molar-refractivity contribution in [3.63, 3.8) is 0 Å². The van der Waals surface area contributed by atoms with Gasteiger partial charge in [0.05, 0.1) is 0 Å². The van der Waals surface area contributed by atoms with E-state index in [1.165, 1.54) is 0 Å². The van der Waals surface area contributed by atoms with Crippen molar-refractivity contribution in [1.29, 1.82) is 0 Å². The van der Waals surface area contributed by atoms with Crippen molar-refractivity contribution in [3.8, 4) is 0 Å². The Balaban J connectivity index is 2.70. The summed E-state index contributed by atoms with van der Waals surface area (Å²) in [6.07, 6.45) is 2.38. The third kappa shape index (κ3) is 1.90. The zero-order valence-electron chi connectivity index (χ0n) is 10.3. The second-order valence-electron chi connectivity index (χ2n) is 4.65. The molecule has 0 spiro atoms. The fourth-order valence-electron chi connectivity index (χ4n) is 2.28. The summed E-state index contributed by atoms with van der Waals surface area (Å²) in [7, 11) is 0. The average molecular weight is 245 g/mol. The molecule has 0 unspecified atom stereocenters. The Labute approximate surface area is 105 Å². The lowest BCUT2D eigenvalue weighted by atomic mass is 10.0. The normalized spacial score (nSPS) is 12.8. The Morgan fingerprint density at radius 1 is 1.33 bits per heavy atom. The lowest BCUT2D eigenvalue weighted by molar-refractivity contribution is -0.142. The standard InChI is InChI=1S/C14H15NO3/c1-9(2)13(14(17)18)15-7-10(8-16)11-5-3-4-6-12(11)15/h3-9,13H,1-2H3,(H,17,18)/t13-/m1/s1. The fraction of sp³-hybridized carbons (Fsp3) is 0.286. The lowest BCUT2D eigenvalue weighted by Crippen LogP contribution is -2.23. The third-order valence-corrected chi connectivity index (χ3v) is 3.08. The smallest absolute Gasteiger partial charge is 0.326 e. The molecule has 1 N–H and O–H groups in total. The van der Waals surface area contributed by atoms with E-state index in [4.69, 9.17) is 0 Å². The second kappa shape index (κ2) is 4.64. The molecule has 1 aromatic heterocycles. The Hall–Kier alpha value is -2.10. The number of hydrogen-bond acceptors (Lipinski definition) is 2. The summed E-state index contributed by atoms with van der Waals surface area (Å²) in [6.45, 7) is 3.71. The van der Waals surface area contributed by atoms with Crippen LogP contribution in [0.2, 0.25) is 0 Å². The first-order valence-corrected chi connectivity index (χ1v) is 5.83. The van der Waals surface area contributed by atoms with Crippen LogP contribution in [-0.4, -0.2) is 21.9 Å². The van der Waals surface area contributed by atoms with E-state index in [-0.39, 0.29) is 5.92 Å². The van der Waals surface area contributed by atoms with Gasteiger partial charge in [-0.3, -0.25) is 4.79 Å². The summed E-state index contributed by atoms with van der Waals surface area (Å²) < 4.78 is 1.67. The Morgan fingerprint density at radius 3 is 2.56 bits per heavy atom. The van der Waals surface area contributed by atoms with E-state index in [0.29, 0.717) is 5.56 Å². The van der Waals surface area contributed by atoms with Crippen molar-refractivity contribution in [2.45, 2.75) is 19.9 Å². The highest BCUT2D eigenvalue weighted by Crippen LogP contribution is 2.27. The number of aliphatic carboxylic acids is 1. The molecule has 1 atom stereocenters. The number of carbonyl (C=O) groups is 2. The van der Waals surface area contributed by atoms with E-state index < -0.39 is 12.0 Å². The zero-order chi connectivity index (χ0) is 13.3. The minimum atomic E-state index is -0.886. The number of carboxylic acid groups (broad SMARTS) is 1. The van der Waals surface area contributed by atoms with Crippen LogP contribution in [-0.2, 0) is 4.79 Å². The number of aldehydes is 1. The molecule has 0 saturated heterocycles. The minimum absolute atomic E-state index is 0.0576. The highest BCUT2D eigenvalue weighted by atomic mass is 16.4. The minimum Gasteiger partial charge on any atom is -0.480 e. The number of hydrogen-bond donors (Lipinski definition) is 1. The molecule has 94 valence electrons. The van der Waals surface area contributed by atoms with Crippen LogP contribution >= 0.6 is 0 Å². The first kappa shape index (κ1) is 12.4. The maximum Gasteiger partial charge on any atom is 0.326 e. The van der Waals surface area contributed by atoms with Crippen LogP contribution < -0.4 is 0 Å². The molecule has 2 rings (SSSR count). The van der Waals surface area contributed by atoms with Gasteiger partial charge in [0.25, 0.3) is 0 Å². The predicted octanol–water partition coefficient (Wildman–Crippen LogP) is 2.74. The van der Waals surface area contributed by atoms with E-state index in [1.54, 1.807) is 10.8 Å². The van der Waals surface area contributed by atoms with Gasteiger partial charge >= 0.3 is 5.97 Å². The van der Waals surface area contributed by atoms with Crippen molar-refractivity contribution in [1.82, 2.24) is 4.57 Å². The molecule has 18 heavy (non-hydrogen) atoms. The van der Waals surface area contributed by atoms with Crippen LogP contribution in [0.25, 0.3) is 10.9 Å². The number of carbonyl (C=O) groups excluding carboxylic acids is 1. The predicted molar refractivity (Wildman–Crippen MR) is 68.8 cm³/mol. The van der Waals surface area contributed by atoms with Crippen molar-refractivity contribution >= 4 is 23.2 Å². The molecule has 1 aromatic carbocycles. The van der Waals surface area contributed by atoms with Crippen LogP contribution in [0, 0.1) is 5.92 Å². The van der Waals surface area contributed by atoms with Gasteiger partial charge in [0.1, 0.15) is 6.04 Å². The quantitative estimate of drug-likeness (QED) is 0.842. The van der Waals surface area contributed by atoms with Crippen molar-refractivity contribution < 1.29 is 14.7 Å². The summed E-state index contributed by atoms with van der Waals surface area (Å²) in [5, 5.41) is 10.1. The highest BCUT2D eigenvalue weighted by Gasteiger charge is 2.25. The Bertz CT molecular complexity index is 598. The monoisotopic (exact) mass is 245 g/mol. The van der Waals surface area contributed by atoms with Gasteiger partial charge in [0.15, 0.2) is 6.29 Å². The molecule has 1 heterocycles. The molecule has 0 radical (unpaired) electrons. The molecule has 0 aliphatic carbocycles. The molecule has 4 nitrogen and oxygen atoms in total. The van der Waals surface area contributed by atoms with Crippen molar-refractivity contribution in [2.75, 3.05) is 0 Å². The van der Waals surface area contributed by atoms with Crippen LogP contribution in [0.4, 0.5) is 0 Å². The van der Waals surface area contributed by atoms with Gasteiger partial charge in [-0.25, -0.2) is 4.79 Å². The molecule has 0 fully saturated rings. The third-order valence-electron chi connectivity index (χ3n) is 3.08. The Morgan fingerprint density at radius 2 is 2.00 bits per heavy atom. The molecule has 0 amide bonds. The number of fused-ring (bicyclic) bond motifs is 1. The van der Waals surface area contributed by atoms with Gasteiger partial charge in [-0.05, 0) is 12.0 Å². The largest absolute Gasteiger partial charge is 0.480 e. The molecular weight excluding hydrogens is 230 g/mol. The maximum atomic E-state index is 11.4. The fourth-order valence-corrected chi connectivity index (χ4v) is 2.28. The van der Waals surface area contributed by atoms with E-state index in [0.717, 1.165) is 17.2 Å². The van der Waals surface area contributed by atoms with Crippen LogP contribution in [0.5, 0.6) is 0 Å². The van der Waals surface area contributed by atoms with Gasteiger partial charge in [-0.1, -0.05) is 32.0 Å². The van der Waals surface area contributed by atoms with Gasteiger partial charge in [-0.15, -0.1) is 0 Å². The van der Waals surface area contributed by atoms with Crippen LogP contribution in [0.15, 0.2) is 30.5 Å². The second-order valence-corrected chi connectivity index (χ2v) is 4.65. The van der Waals surface area contributed by atoms with E-state index in [9.17, 15) is 14.7 Å². The van der Waals surface area contributed by atoms with Crippen molar-refractivity contribution in [2.24, 2.45) is 5.92 Å². The van der Waals surface area contributed by atoms with E-state index >= 15 is 0 Å². The van der Waals surface area contributed by atoms with E-state index in [1.807, 2.05) is 38.1 Å². The summed E-state index contributed by atoms with van der Waals surface area (Å²) in [6, 6.07) is 6.68. The van der Waals surface area contributed by atoms with Gasteiger partial charge in [0.2, 0.25) is 0 Å². The first-order valence-electron chi connectivity index (χ1n) is 5.83. The molecule has 0 bridgehead atoms. The molecular formula is C14H15NO3. The van der Waals surface area contributed by atoms with Gasteiger partial charge < -0.3 is 9.67 Å². The van der Waals surface area contributed by atoms with Gasteiger partial charge in [-0.2, -0.15) is 0 Å².